The number of hydrazone groups is 2. The minimum Gasteiger partial charge on any atom is -0.508 e. The van der Waals surface area contributed by atoms with Gasteiger partial charge in [-0.05, 0) is 48.5 Å². The summed E-state index contributed by atoms with van der Waals surface area (Å²) in [6, 6.07) is 13.5. The highest BCUT2D eigenvalue weighted by Gasteiger charge is 2.33. The van der Waals surface area contributed by atoms with E-state index in [1.54, 1.807) is 58.5 Å². The number of thiol groups is 2. The number of phenols is 2. The fourth-order valence-corrected chi connectivity index (χ4v) is 4.76. The van der Waals surface area contributed by atoms with Gasteiger partial charge in [0.25, 0.3) is 9.84 Å². The van der Waals surface area contributed by atoms with Crippen molar-refractivity contribution in [1.29, 1.82) is 0 Å². The molecule has 0 aliphatic carbocycles. The van der Waals surface area contributed by atoms with E-state index in [2.05, 4.69) is 46.5 Å². The second-order valence-corrected chi connectivity index (χ2v) is 7.90. The molecule has 2 heterocycles. The van der Waals surface area contributed by atoms with Gasteiger partial charge in [0.15, 0.2) is 0 Å². The summed E-state index contributed by atoms with van der Waals surface area (Å²) in [7, 11) is -1.26. The molecule has 10 nitrogen and oxygen atoms in total. The van der Waals surface area contributed by atoms with Crippen molar-refractivity contribution in [3.63, 3.8) is 0 Å². The van der Waals surface area contributed by atoms with E-state index in [9.17, 15) is 10.2 Å². The van der Waals surface area contributed by atoms with E-state index in [0.29, 0.717) is 10.3 Å². The number of nitrogens with one attached hydrogen (secondary N) is 2. The van der Waals surface area contributed by atoms with Crippen LogP contribution in [0.5, 0.6) is 11.5 Å². The molecule has 140 valence electrons. The van der Waals surface area contributed by atoms with Crippen molar-refractivity contribution >= 4 is 56.8 Å². The maximum atomic E-state index is 9.52. The van der Waals surface area contributed by atoms with Crippen LogP contribution in [0.25, 0.3) is 0 Å². The van der Waals surface area contributed by atoms with E-state index < -0.39 is 9.84 Å². The maximum absolute atomic E-state index is 9.52. The first-order chi connectivity index (χ1) is 13.0. The molecule has 0 aromatic heterocycles. The Morgan fingerprint density at radius 3 is 1.44 bits per heavy atom. The average Bonchev–Trinajstić information content (AvgIpc) is 3.20. The molecule has 13 heteroatoms. The first-order valence-corrected chi connectivity index (χ1v) is 9.97. The Bertz CT molecular complexity index is 821. The fourth-order valence-electron chi connectivity index (χ4n) is 2.62. The maximum Gasteiger partial charge on any atom is 0.275 e. The van der Waals surface area contributed by atoms with Crippen molar-refractivity contribution in [1.82, 2.24) is 20.6 Å². The zero-order valence-corrected chi connectivity index (χ0v) is 17.0. The second-order valence-electron chi connectivity index (χ2n) is 5.62. The van der Waals surface area contributed by atoms with Crippen molar-refractivity contribution in [2.24, 2.45) is 10.2 Å². The van der Waals surface area contributed by atoms with Crippen molar-refractivity contribution in [2.45, 2.75) is 0 Å². The number of hydrogen-bond donors (Lipinski definition) is 6. The molecular weight excluding hydrogens is 404 g/mol. The summed E-state index contributed by atoms with van der Waals surface area (Å²) in [5.41, 5.74) is 7.46. The SMILES string of the molecule is Oc1ccc(N2C(S)=NNN2[SiH2]N2NN=C(S)N2c2ccc(O)cc2)cc1. The lowest BCUT2D eigenvalue weighted by molar-refractivity contribution is 0.299. The molecule has 0 atom stereocenters. The van der Waals surface area contributed by atoms with Gasteiger partial charge in [-0.3, -0.25) is 0 Å². The van der Waals surface area contributed by atoms with Gasteiger partial charge < -0.3 is 10.2 Å². The summed E-state index contributed by atoms with van der Waals surface area (Å²) >= 11 is 8.82. The monoisotopic (exact) mass is 420 g/mol. The predicted octanol–water partition coefficient (Wildman–Crippen LogP) is 0.282. The quantitative estimate of drug-likeness (QED) is 0.310. The summed E-state index contributed by atoms with van der Waals surface area (Å²) in [5.74, 6) is 0.361. The van der Waals surface area contributed by atoms with Crippen LogP contribution in [-0.2, 0) is 0 Å². The van der Waals surface area contributed by atoms with E-state index >= 15 is 0 Å². The van der Waals surface area contributed by atoms with Crippen LogP contribution in [-0.4, -0.2) is 40.0 Å². The van der Waals surface area contributed by atoms with Crippen LogP contribution in [0.1, 0.15) is 0 Å². The number of hydrogen-bond acceptors (Lipinski definition) is 10. The average molecular weight is 421 g/mol. The zero-order chi connectivity index (χ0) is 19.0. The lowest BCUT2D eigenvalue weighted by atomic mass is 10.3. The number of hydrazine groups is 4. The third kappa shape index (κ3) is 3.50. The van der Waals surface area contributed by atoms with E-state index in [0.717, 1.165) is 11.4 Å². The Balaban J connectivity index is 1.55. The molecule has 2 aliphatic rings. The fraction of sp³-hybridized carbons (Fsp3) is 0. The largest absolute Gasteiger partial charge is 0.508 e. The molecule has 4 rings (SSSR count). The van der Waals surface area contributed by atoms with E-state index in [4.69, 9.17) is 0 Å². The second kappa shape index (κ2) is 7.20. The van der Waals surface area contributed by atoms with Crippen molar-refractivity contribution in [3.8, 4) is 11.5 Å². The van der Waals surface area contributed by atoms with Crippen LogP contribution in [0, 0.1) is 0 Å². The first kappa shape index (κ1) is 17.8. The number of rotatable bonds is 4. The predicted molar refractivity (Wildman–Crippen MR) is 113 cm³/mol. The highest BCUT2D eigenvalue weighted by Crippen LogP contribution is 2.25. The van der Waals surface area contributed by atoms with Gasteiger partial charge in [-0.2, -0.15) is 0 Å². The smallest absolute Gasteiger partial charge is 0.275 e. The van der Waals surface area contributed by atoms with Gasteiger partial charge in [0, 0.05) is 0 Å². The molecule has 0 bridgehead atoms. The first-order valence-electron chi connectivity index (χ1n) is 7.81. The molecular formula is C14H16N8O2S2Si. The summed E-state index contributed by atoms with van der Waals surface area (Å²) in [6.45, 7) is 0. The third-order valence-electron chi connectivity index (χ3n) is 3.85. The summed E-state index contributed by atoms with van der Waals surface area (Å²) < 4.78 is 0. The molecule has 0 saturated heterocycles. The van der Waals surface area contributed by atoms with Crippen molar-refractivity contribution in [2.75, 3.05) is 10.0 Å². The molecule has 2 aliphatic heterocycles. The Hall–Kier alpha value is -2.58. The molecule has 4 N–H and O–H groups in total. The van der Waals surface area contributed by atoms with Crippen molar-refractivity contribution in [3.05, 3.63) is 48.5 Å². The van der Waals surface area contributed by atoms with Gasteiger partial charge in [0.1, 0.15) is 11.5 Å². The number of amidine groups is 2. The van der Waals surface area contributed by atoms with Gasteiger partial charge in [-0.25, -0.2) is 21.1 Å². The van der Waals surface area contributed by atoms with Crippen LogP contribution in [0.15, 0.2) is 58.7 Å². The molecule has 0 unspecified atom stereocenters. The van der Waals surface area contributed by atoms with Crippen LogP contribution in [0.4, 0.5) is 11.4 Å². The topological polar surface area (TPSA) is 102 Å². The number of benzene rings is 2. The summed E-state index contributed by atoms with van der Waals surface area (Å²) in [5, 5.41) is 31.9. The van der Waals surface area contributed by atoms with Gasteiger partial charge in [0.05, 0.1) is 11.4 Å². The van der Waals surface area contributed by atoms with Crippen LogP contribution < -0.4 is 21.1 Å². The highest BCUT2D eigenvalue weighted by molar-refractivity contribution is 7.97. The number of phenolic OH excluding ortho intramolecular Hbond substituents is 2. The van der Waals surface area contributed by atoms with E-state index in [1.807, 2.05) is 9.57 Å². The standard InChI is InChI=1S/C14H16N8O2S2Si/c23-11-5-1-9(2-6-11)19-13(25)15-17-21(19)27-22-18-16-14(26)20(22)10-3-7-12(24)8-4-10/h1-8,17-18,23-24H,27H2,(H,15,25)(H,16,26). The molecule has 0 fully saturated rings. The molecule has 27 heavy (non-hydrogen) atoms. The Kier molecular flexibility index (Phi) is 4.75. The van der Waals surface area contributed by atoms with E-state index in [1.165, 1.54) is 0 Å². The molecule has 0 amide bonds. The highest BCUT2D eigenvalue weighted by atomic mass is 32.1. The molecule has 2 aromatic rings. The van der Waals surface area contributed by atoms with Crippen LogP contribution in [0.3, 0.4) is 0 Å². The normalized spacial score (nSPS) is 17.6. The molecule has 0 radical (unpaired) electrons. The Morgan fingerprint density at radius 2 is 1.07 bits per heavy atom. The van der Waals surface area contributed by atoms with Crippen LogP contribution >= 0.6 is 25.3 Å². The molecule has 0 saturated carbocycles. The summed E-state index contributed by atoms with van der Waals surface area (Å²) in [6.07, 6.45) is 0. The van der Waals surface area contributed by atoms with Gasteiger partial charge in [0.2, 0.25) is 10.3 Å². The lowest BCUT2D eigenvalue weighted by Gasteiger charge is -2.34. The zero-order valence-electron chi connectivity index (χ0n) is 13.8. The van der Waals surface area contributed by atoms with E-state index in [-0.39, 0.29) is 11.5 Å². The van der Waals surface area contributed by atoms with Crippen LogP contribution in [0.2, 0.25) is 0 Å². The number of aromatic hydroxyl groups is 2. The number of nitrogens with zero attached hydrogens (tertiary/aromatic N) is 6. The number of anilines is 2. The third-order valence-corrected chi connectivity index (χ3v) is 5.81. The Morgan fingerprint density at radius 1 is 0.704 bits per heavy atom. The van der Waals surface area contributed by atoms with Gasteiger partial charge in [-0.15, -0.1) is 45.0 Å². The molecule has 0 spiro atoms. The minimum absolute atomic E-state index is 0.181. The Labute approximate surface area is 168 Å². The van der Waals surface area contributed by atoms with Gasteiger partial charge in [-0.1, -0.05) is 0 Å². The lowest BCUT2D eigenvalue weighted by Crippen LogP contribution is -2.59. The van der Waals surface area contributed by atoms with Gasteiger partial charge >= 0.3 is 0 Å². The minimum atomic E-state index is -1.26. The molecule has 2 aromatic carbocycles. The summed E-state index contributed by atoms with van der Waals surface area (Å²) in [4.78, 5) is 3.66. The van der Waals surface area contributed by atoms with Crippen molar-refractivity contribution < 1.29 is 10.2 Å².